The first kappa shape index (κ1) is 21.4. The summed E-state index contributed by atoms with van der Waals surface area (Å²) in [4.78, 5) is 8.97. The molecule has 0 aliphatic heterocycles. The van der Waals surface area contributed by atoms with Gasteiger partial charge >= 0.3 is 0 Å². The lowest BCUT2D eigenvalue weighted by Crippen LogP contribution is -1.99. The molecule has 3 heterocycles. The summed E-state index contributed by atoms with van der Waals surface area (Å²) in [5, 5.41) is 30.4. The van der Waals surface area contributed by atoms with Gasteiger partial charge in [-0.05, 0) is 25.1 Å². The summed E-state index contributed by atoms with van der Waals surface area (Å²) in [5.41, 5.74) is 3.91. The Morgan fingerprint density at radius 2 is 1.84 bits per heavy atom. The summed E-state index contributed by atoms with van der Waals surface area (Å²) < 4.78 is 0. The van der Waals surface area contributed by atoms with Crippen molar-refractivity contribution in [2.45, 2.75) is 17.7 Å². The summed E-state index contributed by atoms with van der Waals surface area (Å²) in [6, 6.07) is 13.5. The van der Waals surface area contributed by atoms with Crippen LogP contribution in [-0.4, -0.2) is 20.2 Å². The predicted molar refractivity (Wildman–Crippen MR) is 123 cm³/mol. The Balaban J connectivity index is 1.65. The highest BCUT2D eigenvalue weighted by Gasteiger charge is 2.22. The number of hydrogen-bond donors (Lipinski definition) is 1. The highest BCUT2D eigenvalue weighted by Crippen LogP contribution is 2.37. The van der Waals surface area contributed by atoms with Crippen LogP contribution in [0.5, 0.6) is 0 Å². The number of thiazole rings is 1. The average Bonchev–Trinajstić information content (AvgIpc) is 3.41. The normalized spacial score (nSPS) is 10.6. The Kier molecular flexibility index (Phi) is 6.26. The van der Waals surface area contributed by atoms with E-state index in [-0.39, 0.29) is 16.3 Å². The van der Waals surface area contributed by atoms with Gasteiger partial charge in [0.15, 0.2) is 0 Å². The minimum absolute atomic E-state index is 0.0415. The van der Waals surface area contributed by atoms with Crippen molar-refractivity contribution in [1.82, 2.24) is 20.2 Å². The number of halogens is 2. The van der Waals surface area contributed by atoms with E-state index >= 15 is 0 Å². The molecule has 0 radical (unpaired) electrons. The molecule has 0 fully saturated rings. The number of aryl methyl sites for hydroxylation is 1. The summed E-state index contributed by atoms with van der Waals surface area (Å²) in [6.45, 7) is 1.84. The Morgan fingerprint density at radius 3 is 2.48 bits per heavy atom. The minimum Gasteiger partial charge on any atom is -0.282 e. The third-order valence-corrected chi connectivity index (χ3v) is 6.78. The fourth-order valence-electron chi connectivity index (χ4n) is 2.89. The zero-order valence-corrected chi connectivity index (χ0v) is 19.1. The van der Waals surface area contributed by atoms with Gasteiger partial charge < -0.3 is 0 Å². The highest BCUT2D eigenvalue weighted by atomic mass is 35.5. The molecule has 31 heavy (non-hydrogen) atoms. The molecule has 0 spiro atoms. The van der Waals surface area contributed by atoms with E-state index in [1.54, 1.807) is 6.07 Å². The van der Waals surface area contributed by atoms with Crippen LogP contribution in [0.25, 0.3) is 21.8 Å². The average molecular weight is 483 g/mol. The van der Waals surface area contributed by atoms with Gasteiger partial charge in [-0.25, -0.2) is 9.97 Å². The van der Waals surface area contributed by atoms with Crippen molar-refractivity contribution >= 4 is 46.3 Å². The highest BCUT2D eigenvalue weighted by molar-refractivity contribution is 7.98. The number of nitrogens with zero attached hydrogens (tertiary/aromatic N) is 5. The lowest BCUT2D eigenvalue weighted by molar-refractivity contribution is 1.04. The molecule has 4 rings (SSSR count). The number of hydrogen-bond acceptors (Lipinski definition) is 7. The van der Waals surface area contributed by atoms with E-state index in [0.717, 1.165) is 22.0 Å². The quantitative estimate of drug-likeness (QED) is 0.266. The number of nitriles is 2. The number of pyridine rings is 1. The number of nitrogens with one attached hydrogen (secondary N) is 1. The molecule has 0 aliphatic carbocycles. The smallest absolute Gasteiger partial charge is 0.148 e. The Morgan fingerprint density at radius 1 is 1.10 bits per heavy atom. The second kappa shape index (κ2) is 9.09. The van der Waals surface area contributed by atoms with E-state index in [9.17, 15) is 10.5 Å². The third-order valence-electron chi connectivity index (χ3n) is 4.31. The molecule has 4 aromatic rings. The summed E-state index contributed by atoms with van der Waals surface area (Å²) in [5.74, 6) is 0.493. The van der Waals surface area contributed by atoms with E-state index < -0.39 is 0 Å². The van der Waals surface area contributed by atoms with Gasteiger partial charge in [0, 0.05) is 33.0 Å². The van der Waals surface area contributed by atoms with Gasteiger partial charge in [-0.2, -0.15) is 15.6 Å². The zero-order chi connectivity index (χ0) is 22.0. The van der Waals surface area contributed by atoms with E-state index in [1.807, 2.05) is 42.6 Å². The van der Waals surface area contributed by atoms with E-state index in [0.29, 0.717) is 27.1 Å². The first-order valence-corrected chi connectivity index (χ1v) is 11.5. The van der Waals surface area contributed by atoms with Crippen LogP contribution in [0.4, 0.5) is 0 Å². The maximum absolute atomic E-state index is 9.83. The van der Waals surface area contributed by atoms with Crippen molar-refractivity contribution < 1.29 is 0 Å². The van der Waals surface area contributed by atoms with Gasteiger partial charge in [0.2, 0.25) is 0 Å². The number of aromatic nitrogens is 4. The molecule has 0 unspecified atom stereocenters. The molecule has 6 nitrogen and oxygen atoms in total. The summed E-state index contributed by atoms with van der Waals surface area (Å²) in [7, 11) is 0. The number of H-pyrrole nitrogens is 1. The largest absolute Gasteiger partial charge is 0.282 e. The lowest BCUT2D eigenvalue weighted by atomic mass is 10.0. The zero-order valence-electron chi connectivity index (χ0n) is 16.0. The van der Waals surface area contributed by atoms with Crippen molar-refractivity contribution in [1.29, 1.82) is 10.5 Å². The minimum atomic E-state index is 0.0415. The molecule has 152 valence electrons. The van der Waals surface area contributed by atoms with Gasteiger partial charge in [-0.15, -0.1) is 11.3 Å². The van der Waals surface area contributed by atoms with Gasteiger partial charge in [-0.3, -0.25) is 5.10 Å². The number of benzene rings is 1. The predicted octanol–water partition coefficient (Wildman–Crippen LogP) is 6.25. The summed E-state index contributed by atoms with van der Waals surface area (Å²) in [6.07, 6.45) is 0. The lowest BCUT2D eigenvalue weighted by Gasteiger charge is -2.10. The molecule has 10 heteroatoms. The molecule has 0 saturated heterocycles. The SMILES string of the molecule is Cc1cc(-c2c(C#N)c(Cl)nc(SCc3csc(-c4ccc(Cl)cc4)n3)c2C#N)n[nH]1. The van der Waals surface area contributed by atoms with Gasteiger partial charge in [0.1, 0.15) is 32.9 Å². The van der Waals surface area contributed by atoms with Gasteiger partial charge in [0.05, 0.1) is 17.0 Å². The number of rotatable bonds is 5. The molecule has 1 aromatic carbocycles. The fourth-order valence-corrected chi connectivity index (χ4v) is 5.10. The second-order valence-electron chi connectivity index (χ2n) is 6.43. The van der Waals surface area contributed by atoms with Crippen molar-refractivity contribution in [3.8, 4) is 34.0 Å². The topological polar surface area (TPSA) is 102 Å². The van der Waals surface area contributed by atoms with Crippen LogP contribution < -0.4 is 0 Å². The van der Waals surface area contributed by atoms with Gasteiger partial charge in [0.25, 0.3) is 0 Å². The van der Waals surface area contributed by atoms with Crippen molar-refractivity contribution in [3.63, 3.8) is 0 Å². The second-order valence-corrected chi connectivity index (χ2v) is 9.05. The Bertz CT molecular complexity index is 1350. The molecule has 0 saturated carbocycles. The standard InChI is InChI=1S/C21H12Cl2N6S2/c1-11-6-17(29-28-11)18-15(7-24)19(23)27-21(16(18)8-25)31-10-14-9-30-20(26-14)12-2-4-13(22)5-3-12/h2-6,9H,10H2,1H3,(H,28,29). The van der Waals surface area contributed by atoms with Crippen molar-refractivity contribution in [2.24, 2.45) is 0 Å². The number of aromatic amines is 1. The third kappa shape index (κ3) is 4.43. The maximum Gasteiger partial charge on any atom is 0.148 e. The Hall–Kier alpha value is -2.88. The van der Waals surface area contributed by atoms with Crippen molar-refractivity contribution in [3.05, 3.63) is 68.4 Å². The number of thioether (sulfide) groups is 1. The molecular weight excluding hydrogens is 471 g/mol. The van der Waals surface area contributed by atoms with E-state index in [1.165, 1.54) is 23.1 Å². The van der Waals surface area contributed by atoms with Gasteiger partial charge in [-0.1, -0.05) is 47.1 Å². The van der Waals surface area contributed by atoms with Crippen LogP contribution in [0.2, 0.25) is 10.2 Å². The van der Waals surface area contributed by atoms with Crippen LogP contribution in [-0.2, 0) is 5.75 Å². The maximum atomic E-state index is 9.83. The van der Waals surface area contributed by atoms with Crippen molar-refractivity contribution in [2.75, 3.05) is 0 Å². The first-order valence-electron chi connectivity index (χ1n) is 8.89. The summed E-state index contributed by atoms with van der Waals surface area (Å²) >= 11 is 15.1. The van der Waals surface area contributed by atoms with Crippen LogP contribution in [0.1, 0.15) is 22.5 Å². The molecule has 0 atom stereocenters. The first-order chi connectivity index (χ1) is 15.0. The van der Waals surface area contributed by atoms with E-state index in [4.69, 9.17) is 23.2 Å². The van der Waals surface area contributed by atoms with Crippen LogP contribution in [0.15, 0.2) is 40.7 Å². The van der Waals surface area contributed by atoms with E-state index in [2.05, 4.69) is 26.2 Å². The molecule has 0 amide bonds. The van der Waals surface area contributed by atoms with Crippen LogP contribution in [0.3, 0.4) is 0 Å². The monoisotopic (exact) mass is 482 g/mol. The fraction of sp³-hybridized carbons (Fsp3) is 0.0952. The molecule has 3 aromatic heterocycles. The van der Waals surface area contributed by atoms with Crippen LogP contribution >= 0.6 is 46.3 Å². The van der Waals surface area contributed by atoms with Crippen LogP contribution in [0, 0.1) is 29.6 Å². The molecule has 1 N–H and O–H groups in total. The Labute approximate surface area is 196 Å². The molecular formula is C21H12Cl2N6S2. The molecule has 0 aliphatic rings. The molecule has 0 bridgehead atoms.